The lowest BCUT2D eigenvalue weighted by Crippen LogP contribution is -2.36. The van der Waals surface area contributed by atoms with E-state index < -0.39 is 32.6 Å². The van der Waals surface area contributed by atoms with Crippen molar-refractivity contribution in [3.63, 3.8) is 0 Å². The summed E-state index contributed by atoms with van der Waals surface area (Å²) < 4.78 is 47.4. The number of aromatic nitrogens is 3. The zero-order valence-corrected chi connectivity index (χ0v) is 20.4. The van der Waals surface area contributed by atoms with E-state index in [0.29, 0.717) is 11.3 Å². The minimum Gasteiger partial charge on any atom is -0.444 e. The van der Waals surface area contributed by atoms with E-state index >= 15 is 0 Å². The predicted octanol–water partition coefficient (Wildman–Crippen LogP) is 3.71. The molecule has 184 valence electrons. The number of halogens is 1. The SMILES string of the molecule is CC(C)(C)OC(=O)N1CCC(S(=O)(=O)c2ncccc2-c2ccc(-c3ncc(N)cn3)c(F)c2)C1. The maximum Gasteiger partial charge on any atom is 0.410 e. The number of rotatable bonds is 4. The molecule has 2 N–H and O–H groups in total. The number of benzene rings is 1. The molecular weight excluding hydrogens is 473 g/mol. The molecule has 3 heterocycles. The highest BCUT2D eigenvalue weighted by Crippen LogP contribution is 2.33. The minimum atomic E-state index is -3.93. The molecule has 2 aromatic heterocycles. The van der Waals surface area contributed by atoms with Crippen LogP contribution in [0.4, 0.5) is 14.9 Å². The molecule has 1 amide bonds. The first kappa shape index (κ1) is 24.5. The molecule has 0 radical (unpaired) electrons. The topological polar surface area (TPSA) is 128 Å². The molecular formula is C24H26FN5O4S. The molecule has 1 aliphatic rings. The number of sulfone groups is 1. The van der Waals surface area contributed by atoms with Gasteiger partial charge in [-0.05, 0) is 57.0 Å². The van der Waals surface area contributed by atoms with Crippen LogP contribution in [0.1, 0.15) is 27.2 Å². The second-order valence-corrected chi connectivity index (χ2v) is 11.4. The van der Waals surface area contributed by atoms with Crippen LogP contribution in [0.15, 0.2) is 53.9 Å². The Morgan fingerprint density at radius 3 is 2.51 bits per heavy atom. The monoisotopic (exact) mass is 499 g/mol. The number of nitrogens with zero attached hydrogens (tertiary/aromatic N) is 4. The van der Waals surface area contributed by atoms with Crippen LogP contribution in [-0.4, -0.2) is 58.3 Å². The average molecular weight is 500 g/mol. The number of ether oxygens (including phenoxy) is 1. The summed E-state index contributed by atoms with van der Waals surface area (Å²) in [4.78, 5) is 26.0. The van der Waals surface area contributed by atoms with Gasteiger partial charge in [0.2, 0.25) is 9.84 Å². The number of nitrogen functional groups attached to an aromatic ring is 1. The van der Waals surface area contributed by atoms with E-state index in [1.165, 1.54) is 35.6 Å². The molecule has 1 atom stereocenters. The summed E-state index contributed by atoms with van der Waals surface area (Å²) in [5.74, 6) is -0.452. The largest absolute Gasteiger partial charge is 0.444 e. The normalized spacial score (nSPS) is 16.3. The summed E-state index contributed by atoms with van der Waals surface area (Å²) >= 11 is 0. The Labute approximate surface area is 203 Å². The van der Waals surface area contributed by atoms with Gasteiger partial charge in [-0.15, -0.1) is 0 Å². The van der Waals surface area contributed by atoms with Crippen molar-refractivity contribution in [1.82, 2.24) is 19.9 Å². The molecule has 0 aliphatic carbocycles. The van der Waals surface area contributed by atoms with Gasteiger partial charge in [0, 0.05) is 24.8 Å². The van der Waals surface area contributed by atoms with Crippen LogP contribution in [0.2, 0.25) is 0 Å². The van der Waals surface area contributed by atoms with Gasteiger partial charge in [0.1, 0.15) is 11.4 Å². The summed E-state index contributed by atoms with van der Waals surface area (Å²) in [6.07, 6.45) is 3.83. The second kappa shape index (κ2) is 9.21. The highest BCUT2D eigenvalue weighted by atomic mass is 32.2. The lowest BCUT2D eigenvalue weighted by atomic mass is 10.0. The minimum absolute atomic E-state index is 0.00492. The summed E-state index contributed by atoms with van der Waals surface area (Å²) in [6.45, 7) is 5.50. The highest BCUT2D eigenvalue weighted by molar-refractivity contribution is 7.92. The van der Waals surface area contributed by atoms with Crippen molar-refractivity contribution in [1.29, 1.82) is 0 Å². The maximum absolute atomic E-state index is 15.0. The Morgan fingerprint density at radius 2 is 1.86 bits per heavy atom. The van der Waals surface area contributed by atoms with Gasteiger partial charge in [0.25, 0.3) is 0 Å². The van der Waals surface area contributed by atoms with Crippen LogP contribution < -0.4 is 5.73 Å². The third-order valence-corrected chi connectivity index (χ3v) is 7.60. The Morgan fingerprint density at radius 1 is 1.14 bits per heavy atom. The van der Waals surface area contributed by atoms with E-state index in [1.807, 2.05) is 0 Å². The molecule has 0 bridgehead atoms. The van der Waals surface area contributed by atoms with Crippen LogP contribution in [0, 0.1) is 5.82 Å². The number of likely N-dealkylation sites (tertiary alicyclic amines) is 1. The smallest absolute Gasteiger partial charge is 0.410 e. The van der Waals surface area contributed by atoms with Crippen LogP contribution in [0.25, 0.3) is 22.5 Å². The molecule has 1 aromatic carbocycles. The van der Waals surface area contributed by atoms with E-state index in [4.69, 9.17) is 10.5 Å². The van der Waals surface area contributed by atoms with Crippen LogP contribution in [0.5, 0.6) is 0 Å². The summed E-state index contributed by atoms with van der Waals surface area (Å²) in [6, 6.07) is 7.47. The number of carbonyl (C=O) groups excluding carboxylic acids is 1. The zero-order chi connectivity index (χ0) is 25.4. The maximum atomic E-state index is 15.0. The number of carbonyl (C=O) groups is 1. The molecule has 9 nitrogen and oxygen atoms in total. The quantitative estimate of drug-likeness (QED) is 0.575. The van der Waals surface area contributed by atoms with Gasteiger partial charge >= 0.3 is 6.09 Å². The summed E-state index contributed by atoms with van der Waals surface area (Å²) in [5.41, 5.74) is 6.03. The number of pyridine rings is 1. The first-order valence-corrected chi connectivity index (χ1v) is 12.5. The third-order valence-electron chi connectivity index (χ3n) is 5.47. The van der Waals surface area contributed by atoms with Gasteiger partial charge in [-0.25, -0.2) is 32.6 Å². The van der Waals surface area contributed by atoms with Gasteiger partial charge < -0.3 is 15.4 Å². The Balaban J connectivity index is 1.62. The first-order valence-electron chi connectivity index (χ1n) is 11.0. The van der Waals surface area contributed by atoms with Crippen LogP contribution >= 0.6 is 0 Å². The Kier molecular flexibility index (Phi) is 6.46. The molecule has 1 unspecified atom stereocenters. The van der Waals surface area contributed by atoms with E-state index in [-0.39, 0.29) is 41.5 Å². The molecule has 35 heavy (non-hydrogen) atoms. The predicted molar refractivity (Wildman–Crippen MR) is 128 cm³/mol. The molecule has 1 saturated heterocycles. The fourth-order valence-electron chi connectivity index (χ4n) is 3.81. The lowest BCUT2D eigenvalue weighted by molar-refractivity contribution is 0.0295. The van der Waals surface area contributed by atoms with Crippen molar-refractivity contribution in [2.24, 2.45) is 0 Å². The second-order valence-electron chi connectivity index (χ2n) is 9.27. The molecule has 11 heteroatoms. The van der Waals surface area contributed by atoms with Crippen molar-refractivity contribution >= 4 is 21.6 Å². The summed E-state index contributed by atoms with van der Waals surface area (Å²) in [5, 5.41) is -1.01. The number of amides is 1. The summed E-state index contributed by atoms with van der Waals surface area (Å²) in [7, 11) is -3.93. The van der Waals surface area contributed by atoms with E-state index in [0.717, 1.165) is 0 Å². The first-order chi connectivity index (χ1) is 16.5. The van der Waals surface area contributed by atoms with E-state index in [2.05, 4.69) is 15.0 Å². The number of anilines is 1. The van der Waals surface area contributed by atoms with Crippen molar-refractivity contribution in [3.8, 4) is 22.5 Å². The zero-order valence-electron chi connectivity index (χ0n) is 19.6. The average Bonchev–Trinajstić information content (AvgIpc) is 3.30. The molecule has 4 rings (SSSR count). The van der Waals surface area contributed by atoms with Gasteiger partial charge in [0.05, 0.1) is 28.9 Å². The molecule has 0 spiro atoms. The molecule has 1 fully saturated rings. The van der Waals surface area contributed by atoms with Crippen molar-refractivity contribution < 1.29 is 22.3 Å². The van der Waals surface area contributed by atoms with Gasteiger partial charge in [-0.1, -0.05) is 6.07 Å². The Bertz CT molecular complexity index is 1360. The molecule has 1 aliphatic heterocycles. The van der Waals surface area contributed by atoms with E-state index in [9.17, 15) is 17.6 Å². The van der Waals surface area contributed by atoms with Gasteiger partial charge in [0.15, 0.2) is 10.9 Å². The Hall–Kier alpha value is -3.60. The number of nitrogens with two attached hydrogens (primary N) is 1. The standard InChI is InChI=1S/C24H26FN5O4S/c1-24(2,3)34-23(31)30-10-8-17(14-30)35(32,33)22-18(5-4-9-27-22)15-6-7-19(20(25)11-15)21-28-12-16(26)13-29-21/h4-7,9,11-13,17H,8,10,14,26H2,1-3H3. The fraction of sp³-hybridized carbons (Fsp3) is 0.333. The number of hydrogen-bond acceptors (Lipinski definition) is 8. The molecule has 3 aromatic rings. The van der Waals surface area contributed by atoms with Crippen LogP contribution in [0.3, 0.4) is 0 Å². The lowest BCUT2D eigenvalue weighted by Gasteiger charge is -2.24. The van der Waals surface area contributed by atoms with Gasteiger partial charge in [-0.2, -0.15) is 0 Å². The van der Waals surface area contributed by atoms with Crippen molar-refractivity contribution in [3.05, 3.63) is 54.7 Å². The fourth-order valence-corrected chi connectivity index (χ4v) is 5.62. The van der Waals surface area contributed by atoms with Crippen molar-refractivity contribution in [2.75, 3.05) is 18.8 Å². The van der Waals surface area contributed by atoms with Crippen molar-refractivity contribution in [2.45, 2.75) is 43.1 Å². The van der Waals surface area contributed by atoms with E-state index in [1.54, 1.807) is 39.0 Å². The highest BCUT2D eigenvalue weighted by Gasteiger charge is 2.39. The number of hydrogen-bond donors (Lipinski definition) is 1. The van der Waals surface area contributed by atoms with Crippen LogP contribution in [-0.2, 0) is 14.6 Å². The van der Waals surface area contributed by atoms with Gasteiger partial charge in [-0.3, -0.25) is 0 Å². The third kappa shape index (κ3) is 5.24. The molecule has 0 saturated carbocycles.